The van der Waals surface area contributed by atoms with Crippen LogP contribution in [-0.2, 0) is 5.41 Å². The van der Waals surface area contributed by atoms with E-state index < -0.39 is 0 Å². The number of ether oxygens (including phenoxy) is 1. The van der Waals surface area contributed by atoms with Crippen LogP contribution in [0, 0.1) is 0 Å². The van der Waals surface area contributed by atoms with Crippen molar-refractivity contribution in [2.24, 2.45) is 0 Å². The zero-order valence-corrected chi connectivity index (χ0v) is 10.2. The molecule has 2 heteroatoms. The Bertz CT molecular complexity index is 335. The van der Waals surface area contributed by atoms with Crippen LogP contribution in [0.2, 0.25) is 0 Å². The molecule has 1 aromatic carbocycles. The molecule has 15 heavy (non-hydrogen) atoms. The van der Waals surface area contributed by atoms with Crippen LogP contribution in [0.25, 0.3) is 0 Å². The highest BCUT2D eigenvalue weighted by molar-refractivity contribution is 5.48. The number of hydrogen-bond donors (Lipinski definition) is 1. The number of aromatic hydroxyl groups is 1. The quantitative estimate of drug-likeness (QED) is 0.806. The molecule has 0 aliphatic heterocycles. The van der Waals surface area contributed by atoms with Crippen LogP contribution in [0.5, 0.6) is 11.5 Å². The Morgan fingerprint density at radius 3 is 2.27 bits per heavy atom. The van der Waals surface area contributed by atoms with Crippen LogP contribution in [-0.4, -0.2) is 11.2 Å². The molecule has 0 atom stereocenters. The summed E-state index contributed by atoms with van der Waals surface area (Å²) in [7, 11) is 0. The molecule has 0 saturated heterocycles. The van der Waals surface area contributed by atoms with Crippen LogP contribution in [0.1, 0.15) is 40.2 Å². The SMILES string of the molecule is CC(C)Oc1c(O)cccc1C(C)(C)C. The standard InChI is InChI=1S/C13H20O2/c1-9(2)15-12-10(13(3,4)5)7-6-8-11(12)14/h6-9,14H,1-5H3. The van der Waals surface area contributed by atoms with Gasteiger partial charge in [-0.15, -0.1) is 0 Å². The first-order valence-electron chi connectivity index (χ1n) is 5.31. The third-order valence-corrected chi connectivity index (χ3v) is 2.16. The van der Waals surface area contributed by atoms with Crippen LogP contribution < -0.4 is 4.74 Å². The average molecular weight is 208 g/mol. The number of phenols is 1. The molecule has 0 bridgehead atoms. The predicted octanol–water partition coefficient (Wildman–Crippen LogP) is 3.48. The summed E-state index contributed by atoms with van der Waals surface area (Å²) in [4.78, 5) is 0. The van der Waals surface area contributed by atoms with Crippen LogP contribution >= 0.6 is 0 Å². The van der Waals surface area contributed by atoms with Crippen LogP contribution in [0.4, 0.5) is 0 Å². The van der Waals surface area contributed by atoms with Crippen molar-refractivity contribution in [1.82, 2.24) is 0 Å². The van der Waals surface area contributed by atoms with E-state index >= 15 is 0 Å². The Kier molecular flexibility index (Phi) is 3.28. The fourth-order valence-corrected chi connectivity index (χ4v) is 1.47. The normalized spacial score (nSPS) is 11.9. The van der Waals surface area contributed by atoms with Crippen molar-refractivity contribution in [3.8, 4) is 11.5 Å². The van der Waals surface area contributed by atoms with Gasteiger partial charge in [-0.3, -0.25) is 0 Å². The lowest BCUT2D eigenvalue weighted by atomic mass is 9.86. The number of para-hydroxylation sites is 1. The molecule has 0 aliphatic carbocycles. The summed E-state index contributed by atoms with van der Waals surface area (Å²) in [6.07, 6.45) is 0.0689. The molecular formula is C13H20O2. The van der Waals surface area contributed by atoms with Crippen LogP contribution in [0.3, 0.4) is 0 Å². The third-order valence-electron chi connectivity index (χ3n) is 2.16. The molecule has 0 heterocycles. The lowest BCUT2D eigenvalue weighted by Crippen LogP contribution is -2.16. The zero-order chi connectivity index (χ0) is 11.6. The Hall–Kier alpha value is -1.18. The first-order chi connectivity index (χ1) is 6.82. The van der Waals surface area contributed by atoms with Gasteiger partial charge in [0.15, 0.2) is 11.5 Å². The van der Waals surface area contributed by atoms with Gasteiger partial charge in [-0.25, -0.2) is 0 Å². The van der Waals surface area contributed by atoms with E-state index in [4.69, 9.17) is 4.74 Å². The van der Waals surface area contributed by atoms with Crippen molar-refractivity contribution in [3.05, 3.63) is 23.8 Å². The number of hydrogen-bond acceptors (Lipinski definition) is 2. The molecule has 0 aliphatic rings. The van der Waals surface area contributed by atoms with Crippen LogP contribution in [0.15, 0.2) is 18.2 Å². The molecule has 2 nitrogen and oxygen atoms in total. The molecule has 0 fully saturated rings. The van der Waals surface area contributed by atoms with E-state index in [0.717, 1.165) is 5.56 Å². The maximum Gasteiger partial charge on any atom is 0.165 e. The summed E-state index contributed by atoms with van der Waals surface area (Å²) in [5, 5.41) is 9.78. The lowest BCUT2D eigenvalue weighted by molar-refractivity contribution is 0.226. The molecule has 0 saturated carbocycles. The van der Waals surface area contributed by atoms with Gasteiger partial charge in [0.25, 0.3) is 0 Å². The smallest absolute Gasteiger partial charge is 0.165 e. The van der Waals surface area contributed by atoms with Gasteiger partial charge in [-0.05, 0) is 25.3 Å². The second-order valence-electron chi connectivity index (χ2n) is 5.07. The highest BCUT2D eigenvalue weighted by atomic mass is 16.5. The average Bonchev–Trinajstić information content (AvgIpc) is 2.05. The molecule has 0 spiro atoms. The van der Waals surface area contributed by atoms with Gasteiger partial charge in [-0.1, -0.05) is 32.9 Å². The molecule has 1 rings (SSSR count). The second kappa shape index (κ2) is 4.13. The van der Waals surface area contributed by atoms with Crippen molar-refractivity contribution in [2.45, 2.75) is 46.1 Å². The Morgan fingerprint density at radius 2 is 1.80 bits per heavy atom. The van der Waals surface area contributed by atoms with Gasteiger partial charge in [0.05, 0.1) is 6.10 Å². The zero-order valence-electron chi connectivity index (χ0n) is 10.2. The van der Waals surface area contributed by atoms with E-state index in [-0.39, 0.29) is 17.3 Å². The van der Waals surface area contributed by atoms with Gasteiger partial charge in [0.2, 0.25) is 0 Å². The first-order valence-corrected chi connectivity index (χ1v) is 5.31. The van der Waals surface area contributed by atoms with Gasteiger partial charge in [0.1, 0.15) is 0 Å². The molecule has 0 radical (unpaired) electrons. The van der Waals surface area contributed by atoms with Gasteiger partial charge < -0.3 is 9.84 Å². The highest BCUT2D eigenvalue weighted by Gasteiger charge is 2.21. The number of benzene rings is 1. The molecule has 0 amide bonds. The van der Waals surface area contributed by atoms with Crippen molar-refractivity contribution < 1.29 is 9.84 Å². The summed E-state index contributed by atoms with van der Waals surface area (Å²) in [5.74, 6) is 0.830. The summed E-state index contributed by atoms with van der Waals surface area (Å²) < 4.78 is 5.65. The number of phenolic OH excluding ortho intramolecular Hbond substituents is 1. The topological polar surface area (TPSA) is 29.5 Å². The largest absolute Gasteiger partial charge is 0.504 e. The maximum atomic E-state index is 9.78. The van der Waals surface area contributed by atoms with E-state index in [2.05, 4.69) is 20.8 Å². The summed E-state index contributed by atoms with van der Waals surface area (Å²) in [6.45, 7) is 10.2. The van der Waals surface area contributed by atoms with Gasteiger partial charge in [-0.2, -0.15) is 0 Å². The third kappa shape index (κ3) is 2.88. The molecule has 84 valence electrons. The van der Waals surface area contributed by atoms with E-state index in [1.165, 1.54) is 0 Å². The van der Waals surface area contributed by atoms with Crippen molar-refractivity contribution in [2.75, 3.05) is 0 Å². The van der Waals surface area contributed by atoms with E-state index in [1.807, 2.05) is 26.0 Å². The maximum absolute atomic E-state index is 9.78. The summed E-state index contributed by atoms with van der Waals surface area (Å²) >= 11 is 0. The van der Waals surface area contributed by atoms with Crippen molar-refractivity contribution >= 4 is 0 Å². The Labute approximate surface area is 91.9 Å². The minimum atomic E-state index is -0.0248. The van der Waals surface area contributed by atoms with Crippen molar-refractivity contribution in [3.63, 3.8) is 0 Å². The minimum absolute atomic E-state index is 0.0248. The second-order valence-corrected chi connectivity index (χ2v) is 5.07. The minimum Gasteiger partial charge on any atom is -0.504 e. The predicted molar refractivity (Wildman–Crippen MR) is 62.6 cm³/mol. The Balaban J connectivity index is 3.21. The number of rotatable bonds is 2. The lowest BCUT2D eigenvalue weighted by Gasteiger charge is -2.24. The highest BCUT2D eigenvalue weighted by Crippen LogP contribution is 2.38. The van der Waals surface area contributed by atoms with E-state index in [0.29, 0.717) is 5.75 Å². The van der Waals surface area contributed by atoms with E-state index in [1.54, 1.807) is 6.07 Å². The molecule has 0 unspecified atom stereocenters. The summed E-state index contributed by atoms with van der Waals surface area (Å²) in [5.41, 5.74) is 1.01. The molecule has 1 aromatic rings. The fraction of sp³-hybridized carbons (Fsp3) is 0.538. The van der Waals surface area contributed by atoms with Gasteiger partial charge in [0, 0.05) is 5.56 Å². The molecule has 1 N–H and O–H groups in total. The fourth-order valence-electron chi connectivity index (χ4n) is 1.47. The molecule has 0 aromatic heterocycles. The molecular weight excluding hydrogens is 188 g/mol. The van der Waals surface area contributed by atoms with Gasteiger partial charge >= 0.3 is 0 Å². The first kappa shape index (κ1) is 11.9. The summed E-state index contributed by atoms with van der Waals surface area (Å²) in [6, 6.07) is 5.51. The monoisotopic (exact) mass is 208 g/mol. The van der Waals surface area contributed by atoms with E-state index in [9.17, 15) is 5.11 Å². The Morgan fingerprint density at radius 1 is 1.20 bits per heavy atom. The van der Waals surface area contributed by atoms with Crippen molar-refractivity contribution in [1.29, 1.82) is 0 Å².